The monoisotopic (exact) mass is 468 g/mol. The fourth-order valence-corrected chi connectivity index (χ4v) is 3.81. The van der Waals surface area contributed by atoms with E-state index in [2.05, 4.69) is 45.5 Å². The molecule has 3 N–H and O–H groups in total. The topological polar surface area (TPSA) is 73.6 Å². The van der Waals surface area contributed by atoms with Crippen LogP contribution in [0.3, 0.4) is 0 Å². The van der Waals surface area contributed by atoms with Crippen LogP contribution < -0.4 is 20.5 Å². The van der Waals surface area contributed by atoms with Crippen LogP contribution in [-0.2, 0) is 11.3 Å². The summed E-state index contributed by atoms with van der Waals surface area (Å²) in [5, 5.41) is 3.64. The Morgan fingerprint density at radius 2 is 1.60 bits per heavy atom. The Morgan fingerprint density at radius 1 is 1.00 bits per heavy atom. The van der Waals surface area contributed by atoms with Crippen LogP contribution in [0.25, 0.3) is 0 Å². The van der Waals surface area contributed by atoms with Gasteiger partial charge in [0, 0.05) is 6.54 Å². The molecule has 0 unspecified atom stereocenters. The van der Waals surface area contributed by atoms with Crippen LogP contribution >= 0.6 is 15.9 Å². The SMILES string of the molecule is CCOc1cc(CNC(c2ccccc2)c2ccccc2)cc(Br)c1OCC(N)=O. The Labute approximate surface area is 185 Å². The smallest absolute Gasteiger partial charge is 0.255 e. The van der Waals surface area contributed by atoms with Crippen LogP contribution in [0, 0.1) is 0 Å². The minimum atomic E-state index is -0.538. The molecule has 0 radical (unpaired) electrons. The minimum absolute atomic E-state index is 0.0486. The number of benzene rings is 3. The molecule has 0 atom stereocenters. The van der Waals surface area contributed by atoms with Crippen LogP contribution in [-0.4, -0.2) is 19.1 Å². The summed E-state index contributed by atoms with van der Waals surface area (Å²) in [5.41, 5.74) is 8.61. The fraction of sp³-hybridized carbons (Fsp3) is 0.208. The Morgan fingerprint density at radius 3 is 2.13 bits per heavy atom. The highest BCUT2D eigenvalue weighted by Crippen LogP contribution is 2.37. The first-order valence-electron chi connectivity index (χ1n) is 9.78. The fourth-order valence-electron chi connectivity index (χ4n) is 3.21. The van der Waals surface area contributed by atoms with Gasteiger partial charge >= 0.3 is 0 Å². The number of halogens is 1. The Kier molecular flexibility index (Phi) is 7.88. The second-order valence-corrected chi connectivity index (χ2v) is 7.58. The third-order valence-corrected chi connectivity index (χ3v) is 5.09. The molecule has 3 aromatic carbocycles. The molecule has 0 aliphatic heterocycles. The predicted octanol–water partition coefficient (Wildman–Crippen LogP) is 4.59. The number of ether oxygens (including phenoxy) is 2. The average molecular weight is 469 g/mol. The quantitative estimate of drug-likeness (QED) is 0.456. The molecular weight excluding hydrogens is 444 g/mol. The minimum Gasteiger partial charge on any atom is -0.490 e. The number of nitrogens with one attached hydrogen (secondary N) is 1. The summed E-state index contributed by atoms with van der Waals surface area (Å²) in [5.74, 6) is 0.506. The second kappa shape index (κ2) is 10.8. The first-order chi connectivity index (χ1) is 14.6. The van der Waals surface area contributed by atoms with Crippen molar-refractivity contribution in [3.05, 3.63) is 94.0 Å². The van der Waals surface area contributed by atoms with Crippen molar-refractivity contribution in [1.29, 1.82) is 0 Å². The van der Waals surface area contributed by atoms with E-state index < -0.39 is 5.91 Å². The van der Waals surface area contributed by atoms with Gasteiger partial charge in [0.05, 0.1) is 17.1 Å². The molecule has 0 aromatic heterocycles. The molecule has 6 heteroatoms. The van der Waals surface area contributed by atoms with Gasteiger partial charge in [-0.2, -0.15) is 0 Å². The molecule has 1 amide bonds. The summed E-state index contributed by atoms with van der Waals surface area (Å²) >= 11 is 3.53. The number of nitrogens with two attached hydrogens (primary N) is 1. The predicted molar refractivity (Wildman–Crippen MR) is 122 cm³/mol. The van der Waals surface area contributed by atoms with E-state index >= 15 is 0 Å². The summed E-state index contributed by atoms with van der Waals surface area (Å²) in [6, 6.07) is 24.6. The second-order valence-electron chi connectivity index (χ2n) is 6.73. The Bertz CT molecular complexity index is 925. The highest BCUT2D eigenvalue weighted by atomic mass is 79.9. The van der Waals surface area contributed by atoms with Gasteiger partial charge in [-0.1, -0.05) is 60.7 Å². The number of amides is 1. The molecule has 30 heavy (non-hydrogen) atoms. The molecule has 0 saturated carbocycles. The number of hydrogen-bond donors (Lipinski definition) is 2. The molecule has 3 aromatic rings. The van der Waals surface area contributed by atoms with E-state index in [1.54, 1.807) is 0 Å². The van der Waals surface area contributed by atoms with Gasteiger partial charge in [-0.3, -0.25) is 4.79 Å². The van der Waals surface area contributed by atoms with Crippen molar-refractivity contribution in [3.8, 4) is 11.5 Å². The van der Waals surface area contributed by atoms with Gasteiger partial charge in [0.2, 0.25) is 0 Å². The standard InChI is InChI=1S/C24H25BrN2O3/c1-2-29-21-14-17(13-20(25)24(21)30-16-22(26)28)15-27-23(18-9-5-3-6-10-18)19-11-7-4-8-12-19/h3-14,23,27H,2,15-16H2,1H3,(H2,26,28). The molecule has 0 saturated heterocycles. The molecule has 5 nitrogen and oxygen atoms in total. The number of carbonyl (C=O) groups is 1. The highest BCUT2D eigenvalue weighted by Gasteiger charge is 2.16. The zero-order valence-electron chi connectivity index (χ0n) is 16.8. The molecule has 0 aliphatic carbocycles. The van der Waals surface area contributed by atoms with Crippen molar-refractivity contribution in [2.45, 2.75) is 19.5 Å². The first kappa shape index (κ1) is 21.9. The van der Waals surface area contributed by atoms with Gasteiger partial charge < -0.3 is 20.5 Å². The zero-order valence-corrected chi connectivity index (χ0v) is 18.4. The van der Waals surface area contributed by atoms with Crippen LogP contribution in [0.15, 0.2) is 77.3 Å². The third kappa shape index (κ3) is 5.84. The highest BCUT2D eigenvalue weighted by molar-refractivity contribution is 9.10. The zero-order chi connectivity index (χ0) is 21.3. The molecule has 156 valence electrons. The van der Waals surface area contributed by atoms with Crippen molar-refractivity contribution in [2.75, 3.05) is 13.2 Å². The number of carbonyl (C=O) groups excluding carboxylic acids is 1. The maximum Gasteiger partial charge on any atom is 0.255 e. The lowest BCUT2D eigenvalue weighted by molar-refractivity contribution is -0.119. The Hall–Kier alpha value is -2.83. The number of hydrogen-bond acceptors (Lipinski definition) is 4. The lowest BCUT2D eigenvalue weighted by Gasteiger charge is -2.21. The summed E-state index contributed by atoms with van der Waals surface area (Å²) in [4.78, 5) is 11.1. The van der Waals surface area contributed by atoms with Gasteiger partial charge in [-0.25, -0.2) is 0 Å². The normalized spacial score (nSPS) is 10.8. The average Bonchev–Trinajstić information content (AvgIpc) is 2.75. The van der Waals surface area contributed by atoms with Gasteiger partial charge in [0.25, 0.3) is 5.91 Å². The van der Waals surface area contributed by atoms with Gasteiger partial charge in [-0.15, -0.1) is 0 Å². The third-order valence-electron chi connectivity index (χ3n) is 4.50. The van der Waals surface area contributed by atoms with Crippen molar-refractivity contribution >= 4 is 21.8 Å². The van der Waals surface area contributed by atoms with E-state index in [0.29, 0.717) is 29.1 Å². The summed E-state index contributed by atoms with van der Waals surface area (Å²) < 4.78 is 12.0. The van der Waals surface area contributed by atoms with Crippen LogP contribution in [0.2, 0.25) is 0 Å². The first-order valence-corrected chi connectivity index (χ1v) is 10.6. The van der Waals surface area contributed by atoms with E-state index in [-0.39, 0.29) is 12.6 Å². The van der Waals surface area contributed by atoms with Crippen molar-refractivity contribution < 1.29 is 14.3 Å². The molecule has 0 aliphatic rings. The van der Waals surface area contributed by atoms with Gasteiger partial charge in [-0.05, 0) is 51.7 Å². The molecular formula is C24H25BrN2O3. The summed E-state index contributed by atoms with van der Waals surface area (Å²) in [6.45, 7) is 2.79. The lowest BCUT2D eigenvalue weighted by atomic mass is 9.98. The molecule has 0 fully saturated rings. The van der Waals surface area contributed by atoms with E-state index in [4.69, 9.17) is 15.2 Å². The van der Waals surface area contributed by atoms with Gasteiger partial charge in [0.1, 0.15) is 0 Å². The van der Waals surface area contributed by atoms with E-state index in [0.717, 1.165) is 5.56 Å². The van der Waals surface area contributed by atoms with E-state index in [9.17, 15) is 4.79 Å². The van der Waals surface area contributed by atoms with Crippen LogP contribution in [0.5, 0.6) is 11.5 Å². The summed E-state index contributed by atoms with van der Waals surface area (Å²) in [6.07, 6.45) is 0. The Balaban J connectivity index is 1.84. The molecule has 0 heterocycles. The molecule has 0 spiro atoms. The maximum atomic E-state index is 11.1. The van der Waals surface area contributed by atoms with Crippen molar-refractivity contribution in [2.24, 2.45) is 5.73 Å². The summed E-state index contributed by atoms with van der Waals surface area (Å²) in [7, 11) is 0. The number of rotatable bonds is 10. The molecule has 0 bridgehead atoms. The number of primary amides is 1. The van der Waals surface area contributed by atoms with Crippen LogP contribution in [0.1, 0.15) is 29.7 Å². The van der Waals surface area contributed by atoms with E-state index in [1.807, 2.05) is 55.5 Å². The van der Waals surface area contributed by atoms with E-state index in [1.165, 1.54) is 11.1 Å². The van der Waals surface area contributed by atoms with Crippen molar-refractivity contribution in [1.82, 2.24) is 5.32 Å². The van der Waals surface area contributed by atoms with Crippen molar-refractivity contribution in [3.63, 3.8) is 0 Å². The largest absolute Gasteiger partial charge is 0.490 e. The van der Waals surface area contributed by atoms with Crippen LogP contribution in [0.4, 0.5) is 0 Å². The molecule has 3 rings (SSSR count). The maximum absolute atomic E-state index is 11.1. The van der Waals surface area contributed by atoms with Gasteiger partial charge in [0.15, 0.2) is 18.1 Å². The lowest BCUT2D eigenvalue weighted by Crippen LogP contribution is -2.22.